The molecule has 5 rings (SSSR count). The molecule has 0 spiro atoms. The highest BCUT2D eigenvalue weighted by atomic mass is 35.5. The number of pyridine rings is 1. The number of halogens is 1. The van der Waals surface area contributed by atoms with Gasteiger partial charge in [0.2, 0.25) is 5.91 Å². The molecule has 8 heteroatoms. The molecule has 178 valence electrons. The molecule has 0 N–H and O–H groups in total. The quantitative estimate of drug-likeness (QED) is 0.483. The average Bonchev–Trinajstić information content (AvgIpc) is 3.64. The number of benzene rings is 1. The highest BCUT2D eigenvalue weighted by molar-refractivity contribution is 6.31. The van der Waals surface area contributed by atoms with Gasteiger partial charge in [-0.2, -0.15) is 10.4 Å². The number of carbonyl (C=O) groups excluding carboxylic acids is 1. The third-order valence-corrected chi connectivity index (χ3v) is 6.98. The maximum absolute atomic E-state index is 13.3. The minimum Gasteiger partial charge on any atom is -0.328 e. The zero-order valence-corrected chi connectivity index (χ0v) is 20.6. The molecule has 1 aromatic carbocycles. The van der Waals surface area contributed by atoms with Crippen molar-refractivity contribution in [1.29, 1.82) is 5.26 Å². The van der Waals surface area contributed by atoms with E-state index in [1.54, 1.807) is 30.6 Å². The van der Waals surface area contributed by atoms with E-state index in [1.807, 2.05) is 48.2 Å². The molecule has 1 fully saturated rings. The van der Waals surface area contributed by atoms with Gasteiger partial charge in [-0.3, -0.25) is 14.5 Å². The van der Waals surface area contributed by atoms with Crippen molar-refractivity contribution >= 4 is 17.5 Å². The Hall–Kier alpha value is -3.47. The van der Waals surface area contributed by atoms with E-state index in [9.17, 15) is 10.1 Å². The zero-order chi connectivity index (χ0) is 24.5. The van der Waals surface area contributed by atoms with Crippen molar-refractivity contribution in [3.8, 4) is 28.5 Å². The lowest BCUT2D eigenvalue weighted by Gasteiger charge is -2.36. The highest BCUT2D eigenvalue weighted by Gasteiger charge is 2.41. The number of nitrogens with zero attached hydrogens (tertiary/aromatic N) is 6. The van der Waals surface area contributed by atoms with Crippen LogP contribution in [-0.2, 0) is 17.9 Å². The maximum atomic E-state index is 13.3. The summed E-state index contributed by atoms with van der Waals surface area (Å²) in [5.41, 5.74) is 4.95. The summed E-state index contributed by atoms with van der Waals surface area (Å²) in [6, 6.07) is 11.6. The summed E-state index contributed by atoms with van der Waals surface area (Å²) in [4.78, 5) is 21.5. The number of fused-ring (bicyclic) bond motifs is 1. The average molecular weight is 487 g/mol. The molecule has 1 atom stereocenters. The third-order valence-electron chi connectivity index (χ3n) is 6.65. The van der Waals surface area contributed by atoms with E-state index < -0.39 is 0 Å². The van der Waals surface area contributed by atoms with Crippen molar-refractivity contribution in [1.82, 2.24) is 24.6 Å². The normalized spacial score (nSPS) is 17.6. The second kappa shape index (κ2) is 9.65. The van der Waals surface area contributed by atoms with E-state index in [4.69, 9.17) is 16.7 Å². The van der Waals surface area contributed by atoms with Gasteiger partial charge in [0.05, 0.1) is 35.4 Å². The van der Waals surface area contributed by atoms with Crippen molar-refractivity contribution in [2.24, 2.45) is 5.92 Å². The minimum atomic E-state index is 0.0386. The predicted octanol–water partition coefficient (Wildman–Crippen LogP) is 4.38. The van der Waals surface area contributed by atoms with Crippen molar-refractivity contribution < 1.29 is 4.79 Å². The molecule has 0 radical (unpaired) electrons. The van der Waals surface area contributed by atoms with E-state index in [-0.39, 0.29) is 11.9 Å². The van der Waals surface area contributed by atoms with Crippen LogP contribution in [0.25, 0.3) is 22.4 Å². The third kappa shape index (κ3) is 4.72. The molecular weight excluding hydrogens is 460 g/mol. The summed E-state index contributed by atoms with van der Waals surface area (Å²) >= 11 is 6.21. The Morgan fingerprint density at radius 2 is 2.00 bits per heavy atom. The number of nitriles is 1. The Labute approximate surface area is 210 Å². The van der Waals surface area contributed by atoms with Gasteiger partial charge >= 0.3 is 0 Å². The van der Waals surface area contributed by atoms with Crippen LogP contribution < -0.4 is 0 Å². The van der Waals surface area contributed by atoms with Crippen LogP contribution in [0.15, 0.2) is 54.9 Å². The van der Waals surface area contributed by atoms with Crippen molar-refractivity contribution in [3.05, 3.63) is 71.2 Å². The number of aromatic nitrogens is 3. The standard InChI is InChI=1S/C27H27ClN6O/c1-32(2)13-3-4-25(35)33-16-24-26(19-9-11-30-12-10-19)27(20-7-8-22(28)21(14-20)15-29)31-34(24)17-23(33)18-5-6-18/h3-4,7-12,14,18,23H,5-6,13,16-17H2,1-2H3/b4-3+/t23-/m1/s1. The molecule has 3 aromatic rings. The molecular formula is C27H27ClN6O. The summed E-state index contributed by atoms with van der Waals surface area (Å²) < 4.78 is 2.06. The first-order valence-electron chi connectivity index (χ1n) is 11.8. The van der Waals surface area contributed by atoms with Gasteiger partial charge in [0.25, 0.3) is 0 Å². The van der Waals surface area contributed by atoms with Gasteiger partial charge in [0.15, 0.2) is 0 Å². The van der Waals surface area contributed by atoms with Crippen LogP contribution in [0.2, 0.25) is 5.02 Å². The van der Waals surface area contributed by atoms with Crippen LogP contribution in [-0.4, -0.2) is 57.2 Å². The van der Waals surface area contributed by atoms with Crippen LogP contribution >= 0.6 is 11.6 Å². The molecule has 2 aromatic heterocycles. The first kappa shape index (κ1) is 23.3. The Balaban J connectivity index is 1.60. The van der Waals surface area contributed by atoms with Gasteiger partial charge in [-0.1, -0.05) is 23.7 Å². The molecule has 2 aliphatic rings. The lowest BCUT2D eigenvalue weighted by atomic mass is 9.97. The number of hydrogen-bond acceptors (Lipinski definition) is 5. The second-order valence-corrected chi connectivity index (χ2v) is 9.84. The largest absolute Gasteiger partial charge is 0.328 e. The van der Waals surface area contributed by atoms with E-state index in [1.165, 1.54) is 0 Å². The minimum absolute atomic E-state index is 0.0386. The number of hydrogen-bond donors (Lipinski definition) is 0. The topological polar surface area (TPSA) is 78.1 Å². The van der Waals surface area contributed by atoms with Crippen LogP contribution in [0, 0.1) is 17.2 Å². The number of likely N-dealkylation sites (N-methyl/N-ethyl adjacent to an activating group) is 1. The summed E-state index contributed by atoms with van der Waals surface area (Å²) in [5.74, 6) is 0.545. The van der Waals surface area contributed by atoms with Gasteiger partial charge in [-0.05, 0) is 62.7 Å². The van der Waals surface area contributed by atoms with Gasteiger partial charge < -0.3 is 9.80 Å². The lowest BCUT2D eigenvalue weighted by Crippen LogP contribution is -2.47. The Morgan fingerprint density at radius 1 is 1.23 bits per heavy atom. The first-order valence-corrected chi connectivity index (χ1v) is 12.2. The summed E-state index contributed by atoms with van der Waals surface area (Å²) in [6.45, 7) is 1.86. The predicted molar refractivity (Wildman–Crippen MR) is 135 cm³/mol. The van der Waals surface area contributed by atoms with Crippen LogP contribution in [0.4, 0.5) is 0 Å². The van der Waals surface area contributed by atoms with Crippen molar-refractivity contribution in [2.75, 3.05) is 20.6 Å². The van der Waals surface area contributed by atoms with Crippen LogP contribution in [0.1, 0.15) is 24.1 Å². The molecule has 1 amide bonds. The van der Waals surface area contributed by atoms with Crippen molar-refractivity contribution in [2.45, 2.75) is 32.0 Å². The molecule has 35 heavy (non-hydrogen) atoms. The molecule has 7 nitrogen and oxygen atoms in total. The second-order valence-electron chi connectivity index (χ2n) is 9.43. The van der Waals surface area contributed by atoms with E-state index in [0.29, 0.717) is 29.6 Å². The first-order chi connectivity index (χ1) is 17.0. The number of rotatable bonds is 6. The Morgan fingerprint density at radius 3 is 2.69 bits per heavy atom. The molecule has 1 aliphatic carbocycles. The smallest absolute Gasteiger partial charge is 0.246 e. The van der Waals surface area contributed by atoms with Crippen LogP contribution in [0.5, 0.6) is 0 Å². The number of amides is 1. The monoisotopic (exact) mass is 486 g/mol. The Bertz CT molecular complexity index is 1320. The zero-order valence-electron chi connectivity index (χ0n) is 19.9. The van der Waals surface area contributed by atoms with Gasteiger partial charge in [0, 0.05) is 36.1 Å². The van der Waals surface area contributed by atoms with E-state index >= 15 is 0 Å². The molecule has 0 unspecified atom stereocenters. The van der Waals surface area contributed by atoms with Crippen molar-refractivity contribution in [3.63, 3.8) is 0 Å². The van der Waals surface area contributed by atoms with Gasteiger partial charge in [-0.25, -0.2) is 0 Å². The fourth-order valence-electron chi connectivity index (χ4n) is 4.73. The summed E-state index contributed by atoms with van der Waals surface area (Å²) in [5, 5.41) is 15.0. The fourth-order valence-corrected chi connectivity index (χ4v) is 4.89. The molecule has 1 aliphatic heterocycles. The maximum Gasteiger partial charge on any atom is 0.246 e. The molecule has 0 saturated heterocycles. The molecule has 1 saturated carbocycles. The molecule has 3 heterocycles. The number of carbonyl (C=O) groups is 1. The highest BCUT2D eigenvalue weighted by Crippen LogP contribution is 2.42. The molecule has 0 bridgehead atoms. The van der Waals surface area contributed by atoms with Crippen LogP contribution in [0.3, 0.4) is 0 Å². The van der Waals surface area contributed by atoms with Gasteiger partial charge in [0.1, 0.15) is 11.8 Å². The summed E-state index contributed by atoms with van der Waals surface area (Å²) in [7, 11) is 3.97. The Kier molecular flexibility index (Phi) is 6.42. The fraction of sp³-hybridized carbons (Fsp3) is 0.333. The lowest BCUT2D eigenvalue weighted by molar-refractivity contribution is -0.130. The van der Waals surface area contributed by atoms with E-state index in [2.05, 4.69) is 15.7 Å². The van der Waals surface area contributed by atoms with E-state index in [0.717, 1.165) is 47.5 Å². The van der Waals surface area contributed by atoms with Gasteiger partial charge in [-0.15, -0.1) is 0 Å². The SMILES string of the molecule is CN(C)C/C=C/C(=O)N1Cc2c(-c3ccncc3)c(-c3ccc(Cl)c(C#N)c3)nn2C[C@@H]1C1CC1. The summed E-state index contributed by atoms with van der Waals surface area (Å²) in [6.07, 6.45) is 9.42.